The van der Waals surface area contributed by atoms with Crippen molar-refractivity contribution in [2.24, 2.45) is 34.5 Å². The summed E-state index contributed by atoms with van der Waals surface area (Å²) in [5.74, 6) is 3.21. The molecule has 5 rings (SSSR count). The largest absolute Gasteiger partial charge is 0.390 e. The molecule has 0 aliphatic heterocycles. The van der Waals surface area contributed by atoms with Crippen LogP contribution in [0.4, 0.5) is 0 Å². The molecule has 3 heteroatoms. The molecule has 0 saturated heterocycles. The molecule has 1 aromatic rings. The molecule has 3 fully saturated rings. The molecule has 1 aromatic heterocycles. The number of rotatable bonds is 0. The molecule has 4 aliphatic rings. The summed E-state index contributed by atoms with van der Waals surface area (Å²) < 4.78 is 0. The van der Waals surface area contributed by atoms with Gasteiger partial charge in [0.2, 0.25) is 0 Å². The minimum Gasteiger partial charge on any atom is -0.390 e. The molecule has 0 aromatic carbocycles. The van der Waals surface area contributed by atoms with Gasteiger partial charge in [0.1, 0.15) is 0 Å². The Bertz CT molecular complexity index is 665. The van der Waals surface area contributed by atoms with Crippen molar-refractivity contribution in [1.29, 1.82) is 0 Å². The van der Waals surface area contributed by atoms with E-state index in [0.29, 0.717) is 5.41 Å². The van der Waals surface area contributed by atoms with Gasteiger partial charge in [-0.15, -0.1) is 0 Å². The molecule has 4 unspecified atom stereocenters. The van der Waals surface area contributed by atoms with Crippen molar-refractivity contribution >= 4 is 0 Å². The molecule has 4 aliphatic carbocycles. The standard InChI is InChI=1S/C21H32N2O/c1-19-11-13-12-22-23-18(13)10-14(19)4-5-15-16(19)6-8-20(2)17(15)7-9-21(20,3)24/h12,14-17,24H,4-11H2,1-3H3,(H,22,23)/t14?,15?,16?,17?,19-,20+,21-/m0/s1. The molecule has 1 heterocycles. The number of nitrogens with zero attached hydrogens (tertiary/aromatic N) is 1. The van der Waals surface area contributed by atoms with Crippen molar-refractivity contribution in [3.63, 3.8) is 0 Å². The van der Waals surface area contributed by atoms with Crippen LogP contribution in [-0.4, -0.2) is 20.9 Å². The molecule has 3 saturated carbocycles. The number of fused-ring (bicyclic) bond motifs is 6. The summed E-state index contributed by atoms with van der Waals surface area (Å²) in [7, 11) is 0. The average molecular weight is 329 g/mol. The van der Waals surface area contributed by atoms with Crippen LogP contribution in [0.5, 0.6) is 0 Å². The first kappa shape index (κ1) is 15.4. The number of aliphatic hydroxyl groups is 1. The van der Waals surface area contributed by atoms with Crippen LogP contribution in [0.1, 0.15) is 70.6 Å². The fourth-order valence-corrected chi connectivity index (χ4v) is 7.71. The molecular formula is C21H32N2O. The highest BCUT2D eigenvalue weighted by molar-refractivity contribution is 5.26. The minimum absolute atomic E-state index is 0.146. The second-order valence-electron chi connectivity index (χ2n) is 10.2. The maximum absolute atomic E-state index is 11.0. The normalized spacial score (nSPS) is 53.0. The molecule has 7 atom stereocenters. The Morgan fingerprint density at radius 2 is 1.88 bits per heavy atom. The summed E-state index contributed by atoms with van der Waals surface area (Å²) >= 11 is 0. The van der Waals surface area contributed by atoms with Gasteiger partial charge < -0.3 is 5.11 Å². The fourth-order valence-electron chi connectivity index (χ4n) is 7.71. The lowest BCUT2D eigenvalue weighted by Gasteiger charge is -2.60. The molecular weight excluding hydrogens is 296 g/mol. The molecule has 2 N–H and O–H groups in total. The topological polar surface area (TPSA) is 48.9 Å². The van der Waals surface area contributed by atoms with Crippen molar-refractivity contribution in [3.05, 3.63) is 17.5 Å². The summed E-state index contributed by atoms with van der Waals surface area (Å²) in [4.78, 5) is 0. The first-order valence-corrected chi connectivity index (χ1v) is 10.1. The van der Waals surface area contributed by atoms with Gasteiger partial charge in [0, 0.05) is 5.69 Å². The van der Waals surface area contributed by atoms with E-state index in [2.05, 4.69) is 37.2 Å². The smallest absolute Gasteiger partial charge is 0.0675 e. The fraction of sp³-hybridized carbons (Fsp3) is 0.857. The van der Waals surface area contributed by atoms with E-state index in [1.54, 1.807) is 0 Å². The van der Waals surface area contributed by atoms with Crippen molar-refractivity contribution in [1.82, 2.24) is 10.2 Å². The second kappa shape index (κ2) is 4.66. The van der Waals surface area contributed by atoms with E-state index in [1.807, 2.05) is 0 Å². The van der Waals surface area contributed by atoms with Gasteiger partial charge in [-0.1, -0.05) is 13.8 Å². The predicted octanol–water partition coefficient (Wildman–Crippen LogP) is 4.12. The molecule has 0 bridgehead atoms. The number of aromatic amines is 1. The Morgan fingerprint density at radius 1 is 1.08 bits per heavy atom. The zero-order valence-corrected chi connectivity index (χ0v) is 15.4. The zero-order chi connectivity index (χ0) is 16.7. The molecule has 24 heavy (non-hydrogen) atoms. The highest BCUT2D eigenvalue weighted by Crippen LogP contribution is 2.67. The third kappa shape index (κ3) is 1.75. The highest BCUT2D eigenvalue weighted by Gasteiger charge is 2.63. The summed E-state index contributed by atoms with van der Waals surface area (Å²) in [6.45, 7) is 7.09. The second-order valence-corrected chi connectivity index (χ2v) is 10.2. The van der Waals surface area contributed by atoms with Crippen LogP contribution < -0.4 is 0 Å². The molecule has 132 valence electrons. The first-order valence-electron chi connectivity index (χ1n) is 10.1. The Hall–Kier alpha value is -0.830. The number of H-pyrrole nitrogens is 1. The number of nitrogens with one attached hydrogen (secondary N) is 1. The zero-order valence-electron chi connectivity index (χ0n) is 15.4. The first-order chi connectivity index (χ1) is 11.4. The van der Waals surface area contributed by atoms with Crippen LogP contribution in [0.25, 0.3) is 0 Å². The lowest BCUT2D eigenvalue weighted by molar-refractivity contribution is -0.139. The van der Waals surface area contributed by atoms with Crippen molar-refractivity contribution in [2.45, 2.75) is 77.7 Å². The van der Waals surface area contributed by atoms with E-state index in [-0.39, 0.29) is 5.41 Å². The van der Waals surface area contributed by atoms with E-state index in [0.717, 1.165) is 30.1 Å². The van der Waals surface area contributed by atoms with Gasteiger partial charge >= 0.3 is 0 Å². The maximum atomic E-state index is 11.0. The summed E-state index contributed by atoms with van der Waals surface area (Å²) in [6, 6.07) is 0. The van der Waals surface area contributed by atoms with Gasteiger partial charge in [-0.05, 0) is 98.4 Å². The van der Waals surface area contributed by atoms with Gasteiger partial charge in [0.05, 0.1) is 11.8 Å². The van der Waals surface area contributed by atoms with Gasteiger partial charge in [-0.25, -0.2) is 0 Å². The van der Waals surface area contributed by atoms with Crippen molar-refractivity contribution in [2.75, 3.05) is 0 Å². The predicted molar refractivity (Wildman–Crippen MR) is 94.5 cm³/mol. The Morgan fingerprint density at radius 3 is 2.71 bits per heavy atom. The summed E-state index contributed by atoms with van der Waals surface area (Å²) in [5, 5.41) is 18.6. The van der Waals surface area contributed by atoms with Crippen LogP contribution in [0, 0.1) is 34.5 Å². The van der Waals surface area contributed by atoms with E-state index >= 15 is 0 Å². The van der Waals surface area contributed by atoms with E-state index in [4.69, 9.17) is 0 Å². The maximum Gasteiger partial charge on any atom is 0.0675 e. The molecule has 0 amide bonds. The SMILES string of the molecule is C[C@]12Cc3cn[nH]c3CC1CCC1C2CC[C@]2(C)C1CC[C@]2(C)O. The molecule has 3 nitrogen and oxygen atoms in total. The van der Waals surface area contributed by atoms with Crippen molar-refractivity contribution < 1.29 is 5.11 Å². The van der Waals surface area contributed by atoms with Gasteiger partial charge in [0.25, 0.3) is 0 Å². The van der Waals surface area contributed by atoms with Crippen LogP contribution >= 0.6 is 0 Å². The van der Waals surface area contributed by atoms with Gasteiger partial charge in [-0.2, -0.15) is 5.10 Å². The van der Waals surface area contributed by atoms with Crippen LogP contribution in [0.3, 0.4) is 0 Å². The Kier molecular flexibility index (Phi) is 3.00. The highest BCUT2D eigenvalue weighted by atomic mass is 16.3. The minimum atomic E-state index is -0.454. The summed E-state index contributed by atoms with van der Waals surface area (Å²) in [6.07, 6.45) is 12.0. The molecule has 0 radical (unpaired) electrons. The lowest BCUT2D eigenvalue weighted by atomic mass is 9.44. The van der Waals surface area contributed by atoms with Crippen LogP contribution in [0.2, 0.25) is 0 Å². The van der Waals surface area contributed by atoms with Crippen LogP contribution in [0.15, 0.2) is 6.20 Å². The number of hydrogen-bond acceptors (Lipinski definition) is 2. The van der Waals surface area contributed by atoms with E-state index < -0.39 is 5.60 Å². The third-order valence-electron chi connectivity index (χ3n) is 9.46. The number of hydrogen-bond donors (Lipinski definition) is 2. The van der Waals surface area contributed by atoms with Crippen molar-refractivity contribution in [3.8, 4) is 0 Å². The van der Waals surface area contributed by atoms with Crippen LogP contribution in [-0.2, 0) is 12.8 Å². The Labute approximate surface area is 145 Å². The average Bonchev–Trinajstić information content (AvgIpc) is 3.06. The van der Waals surface area contributed by atoms with Gasteiger partial charge in [-0.3, -0.25) is 5.10 Å². The van der Waals surface area contributed by atoms with Gasteiger partial charge in [0.15, 0.2) is 0 Å². The number of aromatic nitrogens is 2. The third-order valence-corrected chi connectivity index (χ3v) is 9.46. The molecule has 0 spiro atoms. The quantitative estimate of drug-likeness (QED) is 0.752. The summed E-state index contributed by atoms with van der Waals surface area (Å²) in [5.41, 5.74) is 3.01. The Balaban J connectivity index is 1.50. The van der Waals surface area contributed by atoms with E-state index in [9.17, 15) is 5.11 Å². The lowest BCUT2D eigenvalue weighted by Crippen LogP contribution is -2.56. The van der Waals surface area contributed by atoms with E-state index in [1.165, 1.54) is 56.2 Å². The monoisotopic (exact) mass is 328 g/mol.